The molecule has 2 aromatic rings. The highest BCUT2D eigenvalue weighted by Crippen LogP contribution is 2.21. The van der Waals surface area contributed by atoms with Crippen molar-refractivity contribution in [2.75, 3.05) is 5.73 Å². The average molecular weight is 249 g/mol. The molecule has 0 aromatic heterocycles. The number of nitrogens with two attached hydrogens (primary N) is 1. The Balaban J connectivity index is 2.11. The van der Waals surface area contributed by atoms with Gasteiger partial charge in [0.25, 0.3) is 0 Å². The Morgan fingerprint density at radius 2 is 1.94 bits per heavy atom. The molecular formula is C14H13F2NO. The van der Waals surface area contributed by atoms with Gasteiger partial charge in [0, 0.05) is 0 Å². The first-order valence-electron chi connectivity index (χ1n) is 5.50. The summed E-state index contributed by atoms with van der Waals surface area (Å²) in [7, 11) is 0. The normalized spacial score (nSPS) is 10.4. The second-order valence-electron chi connectivity index (χ2n) is 4.03. The number of benzene rings is 2. The lowest BCUT2D eigenvalue weighted by Gasteiger charge is -2.09. The van der Waals surface area contributed by atoms with Crippen molar-refractivity contribution in [1.82, 2.24) is 0 Å². The summed E-state index contributed by atoms with van der Waals surface area (Å²) in [6, 6.07) is 9.29. The topological polar surface area (TPSA) is 35.2 Å². The molecule has 0 saturated carbocycles. The average Bonchev–Trinajstić information content (AvgIpc) is 2.35. The molecule has 0 saturated heterocycles. The van der Waals surface area contributed by atoms with Crippen LogP contribution in [-0.4, -0.2) is 0 Å². The van der Waals surface area contributed by atoms with Crippen LogP contribution in [-0.2, 0) is 6.61 Å². The van der Waals surface area contributed by atoms with Crippen molar-refractivity contribution in [2.45, 2.75) is 13.5 Å². The summed E-state index contributed by atoms with van der Waals surface area (Å²) < 4.78 is 32.1. The molecule has 0 fully saturated rings. The first kappa shape index (κ1) is 12.4. The van der Waals surface area contributed by atoms with Gasteiger partial charge in [0.15, 0.2) is 11.6 Å². The maximum absolute atomic E-state index is 13.6. The van der Waals surface area contributed by atoms with E-state index >= 15 is 0 Å². The van der Waals surface area contributed by atoms with E-state index in [0.717, 1.165) is 0 Å². The molecule has 0 aliphatic heterocycles. The lowest BCUT2D eigenvalue weighted by Crippen LogP contribution is -2.00. The van der Waals surface area contributed by atoms with E-state index in [2.05, 4.69) is 0 Å². The lowest BCUT2D eigenvalue weighted by molar-refractivity contribution is 0.289. The highest BCUT2D eigenvalue weighted by molar-refractivity contribution is 5.41. The molecule has 0 bridgehead atoms. The number of hydrogen-bond donors (Lipinski definition) is 1. The third kappa shape index (κ3) is 2.59. The van der Waals surface area contributed by atoms with Crippen molar-refractivity contribution in [3.8, 4) is 5.75 Å². The number of halogens is 2. The Morgan fingerprint density at radius 3 is 2.67 bits per heavy atom. The molecule has 2 rings (SSSR count). The van der Waals surface area contributed by atoms with Crippen LogP contribution in [0.15, 0.2) is 36.4 Å². The van der Waals surface area contributed by atoms with E-state index in [1.54, 1.807) is 25.1 Å². The SMILES string of the molecule is Cc1cccc(OCc2ccc(N)c(F)c2)c1F. The first-order chi connectivity index (χ1) is 8.58. The van der Waals surface area contributed by atoms with Gasteiger partial charge in [-0.2, -0.15) is 0 Å². The number of rotatable bonds is 3. The van der Waals surface area contributed by atoms with Crippen LogP contribution >= 0.6 is 0 Å². The molecule has 2 N–H and O–H groups in total. The summed E-state index contributed by atoms with van der Waals surface area (Å²) in [6.45, 7) is 1.75. The van der Waals surface area contributed by atoms with Gasteiger partial charge in [0.2, 0.25) is 0 Å². The van der Waals surface area contributed by atoms with Crippen LogP contribution in [0.1, 0.15) is 11.1 Å². The summed E-state index contributed by atoms with van der Waals surface area (Å²) in [6.07, 6.45) is 0. The number of hydrogen-bond acceptors (Lipinski definition) is 2. The van der Waals surface area contributed by atoms with Gasteiger partial charge < -0.3 is 10.5 Å². The zero-order valence-electron chi connectivity index (χ0n) is 9.91. The van der Waals surface area contributed by atoms with Gasteiger partial charge in [-0.25, -0.2) is 8.78 Å². The molecule has 2 nitrogen and oxygen atoms in total. The Kier molecular flexibility index (Phi) is 3.46. The smallest absolute Gasteiger partial charge is 0.167 e. The molecule has 0 unspecified atom stereocenters. The molecule has 4 heteroatoms. The number of nitrogen functional groups attached to an aromatic ring is 1. The van der Waals surface area contributed by atoms with E-state index in [0.29, 0.717) is 11.1 Å². The Bertz CT molecular complexity index is 570. The standard InChI is InChI=1S/C14H13F2NO/c1-9-3-2-4-13(14(9)16)18-8-10-5-6-12(17)11(15)7-10/h2-7H,8,17H2,1H3. The van der Waals surface area contributed by atoms with E-state index in [9.17, 15) is 8.78 Å². The number of ether oxygens (including phenoxy) is 1. The van der Waals surface area contributed by atoms with Crippen LogP contribution in [0.25, 0.3) is 0 Å². The second kappa shape index (κ2) is 5.04. The highest BCUT2D eigenvalue weighted by Gasteiger charge is 2.06. The Hall–Kier alpha value is -2.10. The molecule has 2 aromatic carbocycles. The predicted molar refractivity (Wildman–Crippen MR) is 66.3 cm³/mol. The molecule has 0 aliphatic carbocycles. The summed E-state index contributed by atoms with van der Waals surface area (Å²) in [5.74, 6) is -0.735. The van der Waals surface area contributed by atoms with E-state index in [1.807, 2.05) is 0 Å². The molecular weight excluding hydrogens is 236 g/mol. The van der Waals surface area contributed by atoms with Gasteiger partial charge in [-0.1, -0.05) is 18.2 Å². The quantitative estimate of drug-likeness (QED) is 0.846. The number of anilines is 1. The van der Waals surface area contributed by atoms with Crippen molar-refractivity contribution in [3.63, 3.8) is 0 Å². The fourth-order valence-corrected chi connectivity index (χ4v) is 1.55. The molecule has 0 spiro atoms. The van der Waals surface area contributed by atoms with E-state index < -0.39 is 11.6 Å². The van der Waals surface area contributed by atoms with Crippen molar-refractivity contribution in [3.05, 3.63) is 59.2 Å². The van der Waals surface area contributed by atoms with Crippen LogP contribution in [0.3, 0.4) is 0 Å². The zero-order chi connectivity index (χ0) is 13.1. The molecule has 94 valence electrons. The summed E-state index contributed by atoms with van der Waals surface area (Å²) >= 11 is 0. The van der Waals surface area contributed by atoms with Gasteiger partial charge in [0.1, 0.15) is 12.4 Å². The fraction of sp³-hybridized carbons (Fsp3) is 0.143. The highest BCUT2D eigenvalue weighted by atomic mass is 19.1. The van der Waals surface area contributed by atoms with Crippen molar-refractivity contribution in [1.29, 1.82) is 0 Å². The predicted octanol–water partition coefficient (Wildman–Crippen LogP) is 3.43. The first-order valence-corrected chi connectivity index (χ1v) is 5.50. The zero-order valence-corrected chi connectivity index (χ0v) is 9.91. The van der Waals surface area contributed by atoms with Gasteiger partial charge in [0.05, 0.1) is 5.69 Å². The third-order valence-electron chi connectivity index (χ3n) is 2.62. The lowest BCUT2D eigenvalue weighted by atomic mass is 10.2. The third-order valence-corrected chi connectivity index (χ3v) is 2.62. The molecule has 0 aliphatic rings. The summed E-state index contributed by atoms with van der Waals surface area (Å²) in [4.78, 5) is 0. The Labute approximate surface area is 104 Å². The fourth-order valence-electron chi connectivity index (χ4n) is 1.55. The monoisotopic (exact) mass is 249 g/mol. The maximum atomic E-state index is 13.6. The van der Waals surface area contributed by atoms with Crippen LogP contribution in [0.4, 0.5) is 14.5 Å². The molecule has 18 heavy (non-hydrogen) atoms. The van der Waals surface area contributed by atoms with E-state index in [1.165, 1.54) is 18.2 Å². The van der Waals surface area contributed by atoms with Crippen molar-refractivity contribution >= 4 is 5.69 Å². The molecule has 0 radical (unpaired) electrons. The van der Waals surface area contributed by atoms with E-state index in [-0.39, 0.29) is 18.0 Å². The van der Waals surface area contributed by atoms with Gasteiger partial charge >= 0.3 is 0 Å². The van der Waals surface area contributed by atoms with E-state index in [4.69, 9.17) is 10.5 Å². The summed E-state index contributed by atoms with van der Waals surface area (Å²) in [5.41, 5.74) is 6.56. The van der Waals surface area contributed by atoms with Crippen LogP contribution in [0, 0.1) is 18.6 Å². The minimum atomic E-state index is -0.499. The molecule has 0 amide bonds. The minimum Gasteiger partial charge on any atom is -0.486 e. The Morgan fingerprint density at radius 1 is 1.17 bits per heavy atom. The van der Waals surface area contributed by atoms with Gasteiger partial charge in [-0.05, 0) is 36.2 Å². The van der Waals surface area contributed by atoms with Crippen molar-refractivity contribution < 1.29 is 13.5 Å². The van der Waals surface area contributed by atoms with Gasteiger partial charge in [-0.3, -0.25) is 0 Å². The van der Waals surface area contributed by atoms with Crippen molar-refractivity contribution in [2.24, 2.45) is 0 Å². The molecule has 0 atom stereocenters. The van der Waals surface area contributed by atoms with Crippen LogP contribution in [0.5, 0.6) is 5.75 Å². The maximum Gasteiger partial charge on any atom is 0.167 e. The van der Waals surface area contributed by atoms with Crippen LogP contribution < -0.4 is 10.5 Å². The minimum absolute atomic E-state index is 0.0838. The largest absolute Gasteiger partial charge is 0.486 e. The van der Waals surface area contributed by atoms with Crippen LogP contribution in [0.2, 0.25) is 0 Å². The van der Waals surface area contributed by atoms with Gasteiger partial charge in [-0.15, -0.1) is 0 Å². The number of aryl methyl sites for hydroxylation is 1. The summed E-state index contributed by atoms with van der Waals surface area (Å²) in [5, 5.41) is 0. The second-order valence-corrected chi connectivity index (χ2v) is 4.03. The molecule has 0 heterocycles.